The Morgan fingerprint density at radius 1 is 1.35 bits per heavy atom. The molecule has 0 aliphatic rings. The van der Waals surface area contributed by atoms with Crippen molar-refractivity contribution in [3.05, 3.63) is 48.0 Å². The van der Waals surface area contributed by atoms with Crippen molar-refractivity contribution in [2.45, 2.75) is 38.5 Å². The highest BCUT2D eigenvalue weighted by Gasteiger charge is 2.08. The van der Waals surface area contributed by atoms with Gasteiger partial charge in [0.15, 0.2) is 0 Å². The topological polar surface area (TPSA) is 37.3 Å². The fourth-order valence-electron chi connectivity index (χ4n) is 1.91. The molecule has 2 nitrogen and oxygen atoms in total. The van der Waals surface area contributed by atoms with Crippen molar-refractivity contribution in [1.82, 2.24) is 0 Å². The molecule has 92 valence electrons. The Morgan fingerprint density at radius 3 is 2.47 bits per heavy atom. The molecule has 0 amide bonds. The third-order valence-electron chi connectivity index (χ3n) is 2.99. The van der Waals surface area contributed by atoms with Crippen LogP contribution in [-0.4, -0.2) is 11.1 Å². The van der Waals surface area contributed by atoms with Gasteiger partial charge < -0.3 is 5.11 Å². The highest BCUT2D eigenvalue weighted by molar-refractivity contribution is 5.87. The Balaban J connectivity index is 2.68. The minimum atomic E-state index is -0.877. The second-order valence-corrected chi connectivity index (χ2v) is 4.27. The van der Waals surface area contributed by atoms with E-state index in [2.05, 4.69) is 13.5 Å². The summed E-state index contributed by atoms with van der Waals surface area (Å²) < 4.78 is 0. The molecule has 17 heavy (non-hydrogen) atoms. The van der Waals surface area contributed by atoms with Gasteiger partial charge in [0, 0.05) is 5.92 Å². The van der Waals surface area contributed by atoms with Gasteiger partial charge >= 0.3 is 5.97 Å². The number of rotatable bonds is 7. The van der Waals surface area contributed by atoms with Gasteiger partial charge in [-0.2, -0.15) is 0 Å². The van der Waals surface area contributed by atoms with Crippen LogP contribution in [0, 0.1) is 0 Å². The molecule has 1 atom stereocenters. The first-order chi connectivity index (χ1) is 8.19. The maximum absolute atomic E-state index is 10.7. The fraction of sp³-hybridized carbons (Fsp3) is 0.400. The lowest BCUT2D eigenvalue weighted by Crippen LogP contribution is -1.99. The third kappa shape index (κ3) is 4.06. The molecule has 0 saturated carbocycles. The Labute approximate surface area is 103 Å². The minimum Gasteiger partial charge on any atom is -0.478 e. The van der Waals surface area contributed by atoms with Crippen LogP contribution in [0.2, 0.25) is 0 Å². The van der Waals surface area contributed by atoms with Gasteiger partial charge in [-0.1, -0.05) is 44.4 Å². The molecule has 1 aromatic rings. The monoisotopic (exact) mass is 232 g/mol. The number of allylic oxidation sites excluding steroid dienone is 1. The van der Waals surface area contributed by atoms with Crippen LogP contribution in [0.15, 0.2) is 36.9 Å². The van der Waals surface area contributed by atoms with Crippen molar-refractivity contribution in [3.63, 3.8) is 0 Å². The van der Waals surface area contributed by atoms with Gasteiger partial charge in [0.2, 0.25) is 0 Å². The number of benzene rings is 1. The van der Waals surface area contributed by atoms with Crippen molar-refractivity contribution in [2.75, 3.05) is 0 Å². The first-order valence-corrected chi connectivity index (χ1v) is 6.14. The van der Waals surface area contributed by atoms with Crippen LogP contribution in [0.25, 0.3) is 0 Å². The standard InChI is InChI=1S/C15H20O2/c1-3-5-6-7-12(4-2)13-8-10-14(11-9-13)15(16)17/h4,8-12H,2-3,5-7H2,1H3,(H,16,17). The van der Waals surface area contributed by atoms with Crippen LogP contribution in [-0.2, 0) is 0 Å². The number of carboxylic acids is 1. The Morgan fingerprint density at radius 2 is 2.00 bits per heavy atom. The molecule has 0 spiro atoms. The molecule has 0 aromatic heterocycles. The summed E-state index contributed by atoms with van der Waals surface area (Å²) in [7, 11) is 0. The zero-order valence-corrected chi connectivity index (χ0v) is 10.4. The third-order valence-corrected chi connectivity index (χ3v) is 2.99. The number of carbonyl (C=O) groups is 1. The lowest BCUT2D eigenvalue weighted by atomic mass is 9.93. The van der Waals surface area contributed by atoms with Gasteiger partial charge in [-0.05, 0) is 24.1 Å². The predicted molar refractivity (Wildman–Crippen MR) is 70.5 cm³/mol. The summed E-state index contributed by atoms with van der Waals surface area (Å²) in [6.07, 6.45) is 6.67. The number of unbranched alkanes of at least 4 members (excludes halogenated alkanes) is 2. The summed E-state index contributed by atoms with van der Waals surface area (Å²) in [6.45, 7) is 6.04. The van der Waals surface area contributed by atoms with Crippen LogP contribution in [0.3, 0.4) is 0 Å². The number of hydrogen-bond acceptors (Lipinski definition) is 1. The predicted octanol–water partition coefficient (Wildman–Crippen LogP) is 4.23. The summed E-state index contributed by atoms with van der Waals surface area (Å²) in [5.74, 6) is -0.540. The molecule has 2 heteroatoms. The number of carboxylic acid groups (broad SMARTS) is 1. The summed E-state index contributed by atoms with van der Waals surface area (Å²) in [5, 5.41) is 8.82. The van der Waals surface area contributed by atoms with Crippen molar-refractivity contribution in [1.29, 1.82) is 0 Å². The highest BCUT2D eigenvalue weighted by atomic mass is 16.4. The Hall–Kier alpha value is -1.57. The van der Waals surface area contributed by atoms with Crippen LogP contribution >= 0.6 is 0 Å². The average Bonchev–Trinajstić information content (AvgIpc) is 2.35. The fourth-order valence-corrected chi connectivity index (χ4v) is 1.91. The van der Waals surface area contributed by atoms with Gasteiger partial charge in [-0.3, -0.25) is 0 Å². The SMILES string of the molecule is C=CC(CCCCC)c1ccc(C(=O)O)cc1. The van der Waals surface area contributed by atoms with Crippen LogP contribution < -0.4 is 0 Å². The second kappa shape index (κ2) is 6.89. The van der Waals surface area contributed by atoms with Gasteiger partial charge in [0.25, 0.3) is 0 Å². The van der Waals surface area contributed by atoms with Gasteiger partial charge in [0.05, 0.1) is 5.56 Å². The quantitative estimate of drug-likeness (QED) is 0.564. The molecule has 1 N–H and O–H groups in total. The van der Waals surface area contributed by atoms with Gasteiger partial charge in [-0.25, -0.2) is 4.79 Å². The molecule has 0 aliphatic carbocycles. The first kappa shape index (κ1) is 13.5. The van der Waals surface area contributed by atoms with E-state index in [1.54, 1.807) is 12.1 Å². The molecule has 0 radical (unpaired) electrons. The Kier molecular flexibility index (Phi) is 5.47. The zero-order valence-electron chi connectivity index (χ0n) is 10.4. The van der Waals surface area contributed by atoms with Crippen LogP contribution in [0.5, 0.6) is 0 Å². The summed E-state index contributed by atoms with van der Waals surface area (Å²) in [6, 6.07) is 7.10. The van der Waals surface area contributed by atoms with E-state index in [1.807, 2.05) is 18.2 Å². The van der Waals surface area contributed by atoms with Crippen LogP contribution in [0.1, 0.15) is 54.4 Å². The molecule has 0 aliphatic heterocycles. The lowest BCUT2D eigenvalue weighted by molar-refractivity contribution is 0.0697. The van der Waals surface area contributed by atoms with Crippen molar-refractivity contribution < 1.29 is 9.90 Å². The molecule has 0 fully saturated rings. The molecule has 1 rings (SSSR count). The molecular weight excluding hydrogens is 212 g/mol. The maximum atomic E-state index is 10.7. The average molecular weight is 232 g/mol. The van der Waals surface area contributed by atoms with Crippen molar-refractivity contribution in [3.8, 4) is 0 Å². The summed E-state index contributed by atoms with van der Waals surface area (Å²) >= 11 is 0. The molecule has 1 aromatic carbocycles. The first-order valence-electron chi connectivity index (χ1n) is 6.14. The number of hydrogen-bond donors (Lipinski definition) is 1. The largest absolute Gasteiger partial charge is 0.478 e. The van der Waals surface area contributed by atoms with E-state index in [9.17, 15) is 4.79 Å². The smallest absolute Gasteiger partial charge is 0.335 e. The lowest BCUT2D eigenvalue weighted by Gasteiger charge is -2.12. The van der Waals surface area contributed by atoms with Gasteiger partial charge in [0.1, 0.15) is 0 Å². The van der Waals surface area contributed by atoms with Crippen molar-refractivity contribution in [2.24, 2.45) is 0 Å². The normalized spacial score (nSPS) is 12.1. The van der Waals surface area contributed by atoms with E-state index in [0.29, 0.717) is 11.5 Å². The van der Waals surface area contributed by atoms with E-state index in [-0.39, 0.29) is 0 Å². The molecule has 1 unspecified atom stereocenters. The summed E-state index contributed by atoms with van der Waals surface area (Å²) in [5.41, 5.74) is 1.49. The minimum absolute atomic E-state index is 0.337. The van der Waals surface area contributed by atoms with E-state index in [4.69, 9.17) is 5.11 Å². The van der Waals surface area contributed by atoms with E-state index < -0.39 is 5.97 Å². The maximum Gasteiger partial charge on any atom is 0.335 e. The van der Waals surface area contributed by atoms with Crippen LogP contribution in [0.4, 0.5) is 0 Å². The summed E-state index contributed by atoms with van der Waals surface area (Å²) in [4.78, 5) is 10.7. The Bertz CT molecular complexity index is 365. The molecule has 0 heterocycles. The molecular formula is C15H20O2. The number of aromatic carboxylic acids is 1. The van der Waals surface area contributed by atoms with E-state index in [1.165, 1.54) is 19.3 Å². The van der Waals surface area contributed by atoms with E-state index >= 15 is 0 Å². The molecule has 0 bridgehead atoms. The van der Waals surface area contributed by atoms with Crippen molar-refractivity contribution >= 4 is 5.97 Å². The highest BCUT2D eigenvalue weighted by Crippen LogP contribution is 2.23. The zero-order chi connectivity index (χ0) is 12.7. The van der Waals surface area contributed by atoms with E-state index in [0.717, 1.165) is 12.0 Å². The molecule has 0 saturated heterocycles. The second-order valence-electron chi connectivity index (χ2n) is 4.27. The van der Waals surface area contributed by atoms with Gasteiger partial charge in [-0.15, -0.1) is 6.58 Å².